The first-order valence-corrected chi connectivity index (χ1v) is 9.82. The summed E-state index contributed by atoms with van der Waals surface area (Å²) in [5, 5.41) is 2.87. The number of benzene rings is 1. The summed E-state index contributed by atoms with van der Waals surface area (Å²) in [4.78, 5) is 18.6. The van der Waals surface area contributed by atoms with Crippen molar-refractivity contribution in [3.8, 4) is 0 Å². The minimum atomic E-state index is -3.44. The fourth-order valence-electron chi connectivity index (χ4n) is 2.45. The Morgan fingerprint density at radius 3 is 2.46 bits per heavy atom. The molecular weight excluding hydrogens is 352 g/mol. The second-order valence-corrected chi connectivity index (χ2v) is 7.69. The normalized spacial score (nSPS) is 11.2. The Labute approximate surface area is 154 Å². The molecule has 0 spiro atoms. The molecule has 140 valence electrons. The largest absolute Gasteiger partial charge is 0.362 e. The number of carbonyl (C=O) groups is 1. The van der Waals surface area contributed by atoms with Crippen LogP contribution in [0, 0.1) is 0 Å². The average molecular weight is 376 g/mol. The predicted octanol–water partition coefficient (Wildman–Crippen LogP) is 1.42. The van der Waals surface area contributed by atoms with Crippen LogP contribution in [0.5, 0.6) is 0 Å². The minimum Gasteiger partial charge on any atom is -0.362 e. The van der Waals surface area contributed by atoms with Gasteiger partial charge < -0.3 is 10.2 Å². The molecule has 0 bridgehead atoms. The van der Waals surface area contributed by atoms with Crippen molar-refractivity contribution in [1.82, 2.24) is 15.0 Å². The summed E-state index contributed by atoms with van der Waals surface area (Å²) in [5.41, 5.74) is 1.46. The lowest BCUT2D eigenvalue weighted by Crippen LogP contribution is -2.28. The molecule has 1 aromatic carbocycles. The van der Waals surface area contributed by atoms with Gasteiger partial charge in [-0.3, -0.25) is 4.79 Å². The van der Waals surface area contributed by atoms with E-state index in [9.17, 15) is 13.2 Å². The number of anilines is 1. The lowest BCUT2D eigenvalue weighted by atomic mass is 10.1. The molecule has 0 aliphatic heterocycles. The number of sulfonamides is 1. The van der Waals surface area contributed by atoms with Gasteiger partial charge in [0.05, 0.1) is 10.5 Å². The molecule has 1 aromatic heterocycles. The number of amides is 1. The van der Waals surface area contributed by atoms with Crippen molar-refractivity contribution in [2.75, 3.05) is 32.1 Å². The Morgan fingerprint density at radius 2 is 1.85 bits per heavy atom. The fraction of sp³-hybridized carbons (Fsp3) is 0.333. The first kappa shape index (κ1) is 19.9. The zero-order valence-electron chi connectivity index (χ0n) is 15.2. The lowest BCUT2D eigenvalue weighted by Gasteiger charge is -2.15. The molecule has 0 radical (unpaired) electrons. The summed E-state index contributed by atoms with van der Waals surface area (Å²) in [6.07, 6.45) is 2.25. The van der Waals surface area contributed by atoms with Crippen molar-refractivity contribution in [2.24, 2.45) is 0 Å². The predicted molar refractivity (Wildman–Crippen MR) is 102 cm³/mol. The van der Waals surface area contributed by atoms with Crippen LogP contribution in [0.4, 0.5) is 5.82 Å². The van der Waals surface area contributed by atoms with Gasteiger partial charge in [0.25, 0.3) is 5.91 Å². The molecule has 7 nitrogen and oxygen atoms in total. The minimum absolute atomic E-state index is 0.187. The van der Waals surface area contributed by atoms with Crippen molar-refractivity contribution >= 4 is 21.7 Å². The van der Waals surface area contributed by atoms with Gasteiger partial charge in [-0.1, -0.05) is 19.1 Å². The smallest absolute Gasteiger partial charge is 0.255 e. The molecule has 0 atom stereocenters. The molecule has 2 aromatic rings. The highest BCUT2D eigenvalue weighted by molar-refractivity contribution is 7.89. The zero-order chi connectivity index (χ0) is 19.2. The Bertz CT molecular complexity index is 849. The van der Waals surface area contributed by atoms with Crippen LogP contribution in [0.3, 0.4) is 0 Å². The van der Waals surface area contributed by atoms with Crippen molar-refractivity contribution in [2.45, 2.75) is 18.2 Å². The third-order valence-electron chi connectivity index (χ3n) is 3.72. The van der Waals surface area contributed by atoms with E-state index in [1.165, 1.54) is 0 Å². The topological polar surface area (TPSA) is 91.4 Å². The third-order valence-corrected chi connectivity index (χ3v) is 5.28. The van der Waals surface area contributed by atoms with Gasteiger partial charge >= 0.3 is 0 Å². The fourth-order valence-corrected chi connectivity index (χ4v) is 3.50. The number of carbonyl (C=O) groups excluding carboxylic acids is 1. The van der Waals surface area contributed by atoms with Crippen LogP contribution in [0.2, 0.25) is 0 Å². The van der Waals surface area contributed by atoms with Gasteiger partial charge in [-0.15, -0.1) is 0 Å². The molecule has 2 rings (SSSR count). The van der Waals surface area contributed by atoms with Crippen molar-refractivity contribution in [3.05, 3.63) is 53.7 Å². The van der Waals surface area contributed by atoms with E-state index in [2.05, 4.69) is 15.0 Å². The Morgan fingerprint density at radius 1 is 1.15 bits per heavy atom. The van der Waals surface area contributed by atoms with Gasteiger partial charge in [0.1, 0.15) is 5.82 Å². The monoisotopic (exact) mass is 376 g/mol. The summed E-state index contributed by atoms with van der Waals surface area (Å²) >= 11 is 0. The number of rotatable bonds is 8. The van der Waals surface area contributed by atoms with Gasteiger partial charge in [0.15, 0.2) is 0 Å². The van der Waals surface area contributed by atoms with E-state index in [4.69, 9.17) is 0 Å². The van der Waals surface area contributed by atoms with E-state index >= 15 is 0 Å². The van der Waals surface area contributed by atoms with E-state index in [1.807, 2.05) is 14.1 Å². The SMILES string of the molecule is CCNS(=O)(=O)c1ccc(CCNC(=O)c2cccnc2N(C)C)cc1. The number of aromatic nitrogens is 1. The molecule has 1 amide bonds. The molecule has 1 heterocycles. The first-order chi connectivity index (χ1) is 12.3. The number of nitrogens with one attached hydrogen (secondary N) is 2. The second kappa shape index (κ2) is 8.77. The molecule has 8 heteroatoms. The Balaban J connectivity index is 1.95. The number of pyridine rings is 1. The molecule has 26 heavy (non-hydrogen) atoms. The Hall–Kier alpha value is -2.45. The molecule has 2 N–H and O–H groups in total. The highest BCUT2D eigenvalue weighted by Crippen LogP contribution is 2.14. The van der Waals surface area contributed by atoms with Crippen LogP contribution in [0.25, 0.3) is 0 Å². The molecular formula is C18H24N4O3S. The number of hydrogen-bond acceptors (Lipinski definition) is 5. The third kappa shape index (κ3) is 5.03. The molecule has 0 fully saturated rings. The zero-order valence-corrected chi connectivity index (χ0v) is 16.0. The summed E-state index contributed by atoms with van der Waals surface area (Å²) in [5.74, 6) is 0.427. The summed E-state index contributed by atoms with van der Waals surface area (Å²) in [7, 11) is 0.230. The maximum atomic E-state index is 12.4. The maximum absolute atomic E-state index is 12.4. The highest BCUT2D eigenvalue weighted by Gasteiger charge is 2.14. The van der Waals surface area contributed by atoms with Crippen LogP contribution in [0.1, 0.15) is 22.8 Å². The van der Waals surface area contributed by atoms with E-state index in [0.29, 0.717) is 30.9 Å². The molecule has 0 saturated carbocycles. The van der Waals surface area contributed by atoms with Crippen LogP contribution >= 0.6 is 0 Å². The number of nitrogens with zero attached hydrogens (tertiary/aromatic N) is 2. The summed E-state index contributed by atoms with van der Waals surface area (Å²) < 4.78 is 26.3. The maximum Gasteiger partial charge on any atom is 0.255 e. The number of hydrogen-bond donors (Lipinski definition) is 2. The molecule has 0 aliphatic rings. The Kier molecular flexibility index (Phi) is 6.70. The summed E-state index contributed by atoms with van der Waals surface area (Å²) in [6.45, 7) is 2.53. The van der Waals surface area contributed by atoms with Gasteiger partial charge in [-0.25, -0.2) is 18.1 Å². The quantitative estimate of drug-likeness (QED) is 0.727. The van der Waals surface area contributed by atoms with Crippen molar-refractivity contribution in [3.63, 3.8) is 0 Å². The molecule has 0 aliphatic carbocycles. The van der Waals surface area contributed by atoms with Crippen LogP contribution in [-0.2, 0) is 16.4 Å². The van der Waals surface area contributed by atoms with Gasteiger partial charge in [0, 0.05) is 33.4 Å². The van der Waals surface area contributed by atoms with Crippen LogP contribution in [-0.4, -0.2) is 46.5 Å². The van der Waals surface area contributed by atoms with Gasteiger partial charge in [0.2, 0.25) is 10.0 Å². The van der Waals surface area contributed by atoms with E-state index in [1.54, 1.807) is 54.4 Å². The van der Waals surface area contributed by atoms with Gasteiger partial charge in [-0.05, 0) is 36.2 Å². The van der Waals surface area contributed by atoms with Crippen molar-refractivity contribution in [1.29, 1.82) is 0 Å². The average Bonchev–Trinajstić information content (AvgIpc) is 2.62. The van der Waals surface area contributed by atoms with Crippen molar-refractivity contribution < 1.29 is 13.2 Å². The molecule has 0 unspecified atom stereocenters. The van der Waals surface area contributed by atoms with E-state index in [0.717, 1.165) is 5.56 Å². The van der Waals surface area contributed by atoms with Gasteiger partial charge in [-0.2, -0.15) is 0 Å². The first-order valence-electron chi connectivity index (χ1n) is 8.34. The van der Waals surface area contributed by atoms with Crippen LogP contribution < -0.4 is 14.9 Å². The van der Waals surface area contributed by atoms with E-state index in [-0.39, 0.29) is 10.8 Å². The molecule has 0 saturated heterocycles. The highest BCUT2D eigenvalue weighted by atomic mass is 32.2. The summed E-state index contributed by atoms with van der Waals surface area (Å²) in [6, 6.07) is 10.1. The second-order valence-electron chi connectivity index (χ2n) is 5.92. The standard InChI is InChI=1S/C18H24N4O3S/c1-4-21-26(24,25)15-9-7-14(8-10-15)11-13-20-18(23)16-6-5-12-19-17(16)22(2)3/h5-10,12,21H,4,11,13H2,1-3H3,(H,20,23). The van der Waals surface area contributed by atoms with E-state index < -0.39 is 10.0 Å². The van der Waals surface area contributed by atoms with Crippen LogP contribution in [0.15, 0.2) is 47.5 Å². The lowest BCUT2D eigenvalue weighted by molar-refractivity contribution is 0.0954.